The van der Waals surface area contributed by atoms with Gasteiger partial charge in [-0.05, 0) is 92.9 Å². The molecule has 0 atom stereocenters. The van der Waals surface area contributed by atoms with Gasteiger partial charge in [0.2, 0.25) is 0 Å². The van der Waals surface area contributed by atoms with Crippen LogP contribution >= 0.6 is 0 Å². The molecular formula is C50H41NO. The predicted molar refractivity (Wildman–Crippen MR) is 220 cm³/mol. The van der Waals surface area contributed by atoms with Crippen LogP contribution in [-0.2, 0) is 0 Å². The number of phenols is 1. The van der Waals surface area contributed by atoms with Crippen LogP contribution in [0.5, 0.6) is 5.75 Å². The zero-order chi connectivity index (χ0) is 34.9. The van der Waals surface area contributed by atoms with Crippen molar-refractivity contribution < 1.29 is 5.11 Å². The molecule has 0 amide bonds. The summed E-state index contributed by atoms with van der Waals surface area (Å²) in [6, 6.07) is 62.7. The molecule has 9 rings (SSSR count). The lowest BCUT2D eigenvalue weighted by Crippen LogP contribution is -2.12. The van der Waals surface area contributed by atoms with Crippen molar-refractivity contribution >= 4 is 38.6 Å². The first kappa shape index (κ1) is 31.8. The van der Waals surface area contributed by atoms with Gasteiger partial charge in [0.1, 0.15) is 5.75 Å². The number of phenolic OH excluding ortho intramolecular Hbond substituents is 1. The van der Waals surface area contributed by atoms with E-state index in [0.717, 1.165) is 39.3 Å². The Morgan fingerprint density at radius 1 is 0.423 bits per heavy atom. The minimum absolute atomic E-state index is 0.266. The monoisotopic (exact) mass is 671 g/mol. The third-order valence-electron chi connectivity index (χ3n) is 10.9. The van der Waals surface area contributed by atoms with Gasteiger partial charge in [0.15, 0.2) is 0 Å². The molecular weight excluding hydrogens is 631 g/mol. The normalized spacial score (nSPS) is 13.4. The quantitative estimate of drug-likeness (QED) is 0.182. The highest BCUT2D eigenvalue weighted by atomic mass is 16.3. The summed E-state index contributed by atoms with van der Waals surface area (Å²) in [7, 11) is 0. The number of benzene rings is 8. The van der Waals surface area contributed by atoms with Crippen LogP contribution in [0.4, 0.5) is 17.1 Å². The Morgan fingerprint density at radius 2 is 1.06 bits per heavy atom. The van der Waals surface area contributed by atoms with E-state index in [1.54, 1.807) is 0 Å². The van der Waals surface area contributed by atoms with Crippen LogP contribution in [0.1, 0.15) is 43.6 Å². The van der Waals surface area contributed by atoms with Crippen molar-refractivity contribution in [3.8, 4) is 39.1 Å². The number of rotatable bonds is 7. The third kappa shape index (κ3) is 5.91. The minimum atomic E-state index is 0.266. The topological polar surface area (TPSA) is 23.5 Å². The fourth-order valence-corrected chi connectivity index (χ4v) is 8.44. The van der Waals surface area contributed by atoms with E-state index in [-0.39, 0.29) is 5.75 Å². The van der Waals surface area contributed by atoms with E-state index in [9.17, 15) is 5.11 Å². The number of fused-ring (bicyclic) bond motifs is 2. The van der Waals surface area contributed by atoms with E-state index in [1.807, 2.05) is 42.5 Å². The van der Waals surface area contributed by atoms with Crippen LogP contribution in [-0.4, -0.2) is 5.11 Å². The van der Waals surface area contributed by atoms with Gasteiger partial charge in [0.25, 0.3) is 0 Å². The number of hydrogen-bond acceptors (Lipinski definition) is 2. The highest BCUT2D eigenvalue weighted by Crippen LogP contribution is 2.48. The van der Waals surface area contributed by atoms with Crippen molar-refractivity contribution in [3.63, 3.8) is 0 Å². The Labute approximate surface area is 306 Å². The lowest BCUT2D eigenvalue weighted by atomic mass is 9.80. The predicted octanol–water partition coefficient (Wildman–Crippen LogP) is 14.2. The van der Waals surface area contributed by atoms with E-state index in [4.69, 9.17) is 0 Å². The lowest BCUT2D eigenvalue weighted by Gasteiger charge is -2.31. The average Bonchev–Trinajstić information content (AvgIpc) is 3.21. The van der Waals surface area contributed by atoms with Gasteiger partial charge in [-0.15, -0.1) is 0 Å². The molecule has 1 aliphatic carbocycles. The number of anilines is 3. The number of para-hydroxylation sites is 2. The molecule has 2 heteroatoms. The second kappa shape index (κ2) is 13.9. The van der Waals surface area contributed by atoms with Crippen molar-refractivity contribution in [2.24, 2.45) is 0 Å². The van der Waals surface area contributed by atoms with Crippen LogP contribution in [0.2, 0.25) is 0 Å². The summed E-state index contributed by atoms with van der Waals surface area (Å²) in [5.74, 6) is 0.844. The Bertz CT molecular complexity index is 2520. The highest BCUT2D eigenvalue weighted by Gasteiger charge is 2.24. The van der Waals surface area contributed by atoms with Crippen molar-refractivity contribution in [2.75, 3.05) is 4.90 Å². The Kier molecular flexibility index (Phi) is 8.50. The Morgan fingerprint density at radius 3 is 1.85 bits per heavy atom. The van der Waals surface area contributed by atoms with Gasteiger partial charge in [0.05, 0.1) is 11.4 Å². The van der Waals surface area contributed by atoms with Crippen molar-refractivity contribution in [3.05, 3.63) is 181 Å². The van der Waals surface area contributed by atoms with Crippen molar-refractivity contribution in [1.29, 1.82) is 0 Å². The molecule has 0 heterocycles. The molecule has 1 fully saturated rings. The maximum atomic E-state index is 11.4. The molecule has 8 aromatic rings. The molecule has 52 heavy (non-hydrogen) atoms. The first-order valence-corrected chi connectivity index (χ1v) is 18.6. The Balaban J connectivity index is 1.27. The number of aromatic hydroxyl groups is 1. The van der Waals surface area contributed by atoms with Gasteiger partial charge >= 0.3 is 0 Å². The molecule has 0 aromatic heterocycles. The molecule has 1 aliphatic rings. The summed E-state index contributed by atoms with van der Waals surface area (Å²) in [5, 5.41) is 16.5. The fraction of sp³-hybridized carbons (Fsp3) is 0.120. The SMILES string of the molecule is Oc1cc(-c2ccccc2N(c2ccc3ccccc3c2)c2ccccc2-c2cccc3cccc(C4CCCCC4)c23)ccc1-c1ccccc1. The van der Waals surface area contributed by atoms with E-state index in [1.165, 1.54) is 70.3 Å². The van der Waals surface area contributed by atoms with E-state index in [2.05, 4.69) is 138 Å². The zero-order valence-corrected chi connectivity index (χ0v) is 29.3. The van der Waals surface area contributed by atoms with Gasteiger partial charge in [0, 0.05) is 22.4 Å². The average molecular weight is 672 g/mol. The summed E-state index contributed by atoms with van der Waals surface area (Å²) in [6.07, 6.45) is 6.44. The summed E-state index contributed by atoms with van der Waals surface area (Å²) >= 11 is 0. The smallest absolute Gasteiger partial charge is 0.124 e. The summed E-state index contributed by atoms with van der Waals surface area (Å²) in [4.78, 5) is 2.42. The summed E-state index contributed by atoms with van der Waals surface area (Å²) in [6.45, 7) is 0. The maximum Gasteiger partial charge on any atom is 0.124 e. The molecule has 0 spiro atoms. The zero-order valence-electron chi connectivity index (χ0n) is 29.3. The fourth-order valence-electron chi connectivity index (χ4n) is 8.44. The molecule has 1 saturated carbocycles. The van der Waals surface area contributed by atoms with E-state index in [0.29, 0.717) is 5.92 Å². The molecule has 8 aromatic carbocycles. The van der Waals surface area contributed by atoms with Crippen molar-refractivity contribution in [2.45, 2.75) is 38.0 Å². The lowest BCUT2D eigenvalue weighted by molar-refractivity contribution is 0.445. The molecule has 2 nitrogen and oxygen atoms in total. The molecule has 252 valence electrons. The largest absolute Gasteiger partial charge is 0.507 e. The maximum absolute atomic E-state index is 11.4. The number of hydrogen-bond donors (Lipinski definition) is 1. The Hall–Kier alpha value is -6.12. The minimum Gasteiger partial charge on any atom is -0.507 e. The van der Waals surface area contributed by atoms with Gasteiger partial charge in [-0.25, -0.2) is 0 Å². The van der Waals surface area contributed by atoms with Crippen LogP contribution < -0.4 is 4.90 Å². The molecule has 0 saturated heterocycles. The van der Waals surface area contributed by atoms with Crippen molar-refractivity contribution in [1.82, 2.24) is 0 Å². The summed E-state index contributed by atoms with van der Waals surface area (Å²) in [5.41, 5.74) is 11.0. The molecule has 0 bridgehead atoms. The van der Waals surface area contributed by atoms with Gasteiger partial charge in [-0.1, -0.05) is 165 Å². The van der Waals surface area contributed by atoms with Crippen LogP contribution in [0, 0.1) is 0 Å². The van der Waals surface area contributed by atoms with Gasteiger partial charge in [-0.3, -0.25) is 0 Å². The first-order valence-electron chi connectivity index (χ1n) is 18.6. The van der Waals surface area contributed by atoms with Gasteiger partial charge < -0.3 is 10.0 Å². The van der Waals surface area contributed by atoms with Crippen LogP contribution in [0.3, 0.4) is 0 Å². The summed E-state index contributed by atoms with van der Waals surface area (Å²) < 4.78 is 0. The van der Waals surface area contributed by atoms with Crippen LogP contribution in [0.25, 0.3) is 54.9 Å². The third-order valence-corrected chi connectivity index (χ3v) is 10.9. The standard InChI is InChI=1S/C50H41NO/c52-49-34-40(30-32-43(49)36-16-3-1-4-17-36)42-23-9-11-27-47(42)51(41-31-29-35-15-7-8-20-39(35)33-41)48-28-12-10-24-45(48)46-26-14-22-38-21-13-25-44(50(38)46)37-18-5-2-6-19-37/h1,3-4,7-17,20-34,37,52H,2,5-6,18-19H2. The molecule has 1 N–H and O–H groups in total. The van der Waals surface area contributed by atoms with Crippen LogP contribution in [0.15, 0.2) is 176 Å². The first-order chi connectivity index (χ1) is 25.7. The molecule has 0 aliphatic heterocycles. The second-order valence-electron chi connectivity index (χ2n) is 14.1. The second-order valence-corrected chi connectivity index (χ2v) is 14.1. The van der Waals surface area contributed by atoms with E-state index >= 15 is 0 Å². The van der Waals surface area contributed by atoms with E-state index < -0.39 is 0 Å². The van der Waals surface area contributed by atoms with Gasteiger partial charge in [-0.2, -0.15) is 0 Å². The molecule has 0 radical (unpaired) electrons. The highest BCUT2D eigenvalue weighted by molar-refractivity contribution is 6.04. The number of nitrogens with zero attached hydrogens (tertiary/aromatic N) is 1. The molecule has 0 unspecified atom stereocenters.